The highest BCUT2D eigenvalue weighted by molar-refractivity contribution is 7.99. The van der Waals surface area contributed by atoms with Crippen molar-refractivity contribution in [3.63, 3.8) is 0 Å². The number of carbonyl (C=O) groups excluding carboxylic acids is 2. The number of thioether (sulfide) groups is 1. The van der Waals surface area contributed by atoms with Crippen molar-refractivity contribution in [1.29, 1.82) is 0 Å². The summed E-state index contributed by atoms with van der Waals surface area (Å²) < 4.78 is 6.01. The van der Waals surface area contributed by atoms with Crippen LogP contribution in [0.4, 0.5) is 0 Å². The van der Waals surface area contributed by atoms with Gasteiger partial charge in [0.1, 0.15) is 6.54 Å². The van der Waals surface area contributed by atoms with E-state index < -0.39 is 5.97 Å². The molecule has 0 aliphatic rings. The van der Waals surface area contributed by atoms with E-state index in [1.54, 1.807) is 24.3 Å². The molecular formula is C24H27N3O4S. The highest BCUT2D eigenvalue weighted by Gasteiger charge is 2.18. The molecule has 2 aromatic carbocycles. The predicted molar refractivity (Wildman–Crippen MR) is 126 cm³/mol. The summed E-state index contributed by atoms with van der Waals surface area (Å²) in [6, 6.07) is 15.1. The fraction of sp³-hybridized carbons (Fsp3) is 0.333. The highest BCUT2D eigenvalue weighted by atomic mass is 32.2. The number of carbonyl (C=O) groups is 2. The standard InChI is InChI=1S/C24H27N3O4S/c1-4-13-26(14-18-11-9-17(2)10-12-18)21(28)16-32-24-25-20-8-6-5-7-19(20)23(30)27(24)15-22(29)31-3/h5-12H,4,13-16H2,1-3H3. The SMILES string of the molecule is CCCN(Cc1ccc(C)cc1)C(=O)CSc1nc2ccccc2c(=O)n1CC(=O)OC. The van der Waals surface area contributed by atoms with Gasteiger partial charge in [-0.25, -0.2) is 4.98 Å². The van der Waals surface area contributed by atoms with Crippen molar-refractivity contribution in [2.24, 2.45) is 0 Å². The number of nitrogens with zero attached hydrogens (tertiary/aromatic N) is 3. The molecule has 8 heteroatoms. The van der Waals surface area contributed by atoms with Crippen LogP contribution in [0.1, 0.15) is 24.5 Å². The van der Waals surface area contributed by atoms with Gasteiger partial charge in [0.2, 0.25) is 5.91 Å². The minimum Gasteiger partial charge on any atom is -0.468 e. The van der Waals surface area contributed by atoms with Crippen LogP contribution in [0.2, 0.25) is 0 Å². The fourth-order valence-electron chi connectivity index (χ4n) is 3.28. The van der Waals surface area contributed by atoms with Crippen LogP contribution in [-0.2, 0) is 27.4 Å². The molecule has 0 spiro atoms. The molecule has 3 rings (SSSR count). The van der Waals surface area contributed by atoms with Crippen LogP contribution in [0.15, 0.2) is 58.5 Å². The molecule has 1 amide bonds. The Morgan fingerprint density at radius 2 is 1.84 bits per heavy atom. The maximum absolute atomic E-state index is 13.0. The molecule has 0 saturated heterocycles. The molecule has 168 valence electrons. The van der Waals surface area contributed by atoms with Gasteiger partial charge in [0.25, 0.3) is 5.56 Å². The number of benzene rings is 2. The largest absolute Gasteiger partial charge is 0.468 e. The Bertz CT molecular complexity index is 1160. The molecule has 0 aliphatic heterocycles. The average Bonchev–Trinajstić information content (AvgIpc) is 2.80. The molecule has 3 aromatic rings. The first-order valence-corrected chi connectivity index (χ1v) is 11.4. The van der Waals surface area contributed by atoms with Crippen molar-refractivity contribution in [2.75, 3.05) is 19.4 Å². The van der Waals surface area contributed by atoms with Crippen LogP contribution in [0.3, 0.4) is 0 Å². The Kier molecular flexibility index (Phi) is 8.05. The summed E-state index contributed by atoms with van der Waals surface area (Å²) in [7, 11) is 1.27. The number of ether oxygens (including phenoxy) is 1. The van der Waals surface area contributed by atoms with Gasteiger partial charge in [0.15, 0.2) is 5.16 Å². The van der Waals surface area contributed by atoms with Gasteiger partial charge in [-0.1, -0.05) is 60.6 Å². The zero-order chi connectivity index (χ0) is 23.1. The Hall–Kier alpha value is -3.13. The summed E-state index contributed by atoms with van der Waals surface area (Å²) in [5, 5.41) is 0.735. The predicted octanol–water partition coefficient (Wildman–Crippen LogP) is 3.41. The van der Waals surface area contributed by atoms with Crippen LogP contribution in [0.25, 0.3) is 10.9 Å². The number of aromatic nitrogens is 2. The highest BCUT2D eigenvalue weighted by Crippen LogP contribution is 2.19. The molecule has 32 heavy (non-hydrogen) atoms. The maximum Gasteiger partial charge on any atom is 0.325 e. The summed E-state index contributed by atoms with van der Waals surface area (Å²) in [4.78, 5) is 44.2. The molecular weight excluding hydrogens is 426 g/mol. The maximum atomic E-state index is 13.0. The molecule has 0 N–H and O–H groups in total. The van der Waals surface area contributed by atoms with Gasteiger partial charge in [0, 0.05) is 13.1 Å². The first-order chi connectivity index (χ1) is 15.4. The molecule has 0 fully saturated rings. The molecule has 0 radical (unpaired) electrons. The van der Waals surface area contributed by atoms with Crippen LogP contribution < -0.4 is 5.56 Å². The topological polar surface area (TPSA) is 81.5 Å². The first-order valence-electron chi connectivity index (χ1n) is 10.5. The third-order valence-corrected chi connectivity index (χ3v) is 5.97. The summed E-state index contributed by atoms with van der Waals surface area (Å²) in [5.41, 5.74) is 2.43. The summed E-state index contributed by atoms with van der Waals surface area (Å²) >= 11 is 1.16. The lowest BCUT2D eigenvalue weighted by Gasteiger charge is -2.22. The monoisotopic (exact) mass is 453 g/mol. The van der Waals surface area contributed by atoms with Crippen LogP contribution in [0.5, 0.6) is 0 Å². The molecule has 0 bridgehead atoms. The number of aryl methyl sites for hydroxylation is 1. The number of amides is 1. The molecule has 7 nitrogen and oxygen atoms in total. The van der Waals surface area contributed by atoms with Gasteiger partial charge in [0.05, 0.1) is 23.8 Å². The summed E-state index contributed by atoms with van der Waals surface area (Å²) in [5.74, 6) is -0.494. The number of fused-ring (bicyclic) bond motifs is 1. The lowest BCUT2D eigenvalue weighted by atomic mass is 10.1. The van der Waals surface area contributed by atoms with E-state index in [-0.39, 0.29) is 23.8 Å². The van der Waals surface area contributed by atoms with Gasteiger partial charge in [-0.15, -0.1) is 0 Å². The summed E-state index contributed by atoms with van der Waals surface area (Å²) in [6.45, 7) is 4.95. The second-order valence-electron chi connectivity index (χ2n) is 7.47. The Morgan fingerprint density at radius 1 is 1.12 bits per heavy atom. The van der Waals surface area contributed by atoms with Crippen LogP contribution in [0, 0.1) is 6.92 Å². The number of esters is 1. The van der Waals surface area contributed by atoms with Gasteiger partial charge in [-0.3, -0.25) is 19.0 Å². The lowest BCUT2D eigenvalue weighted by molar-refractivity contribution is -0.141. The van der Waals surface area contributed by atoms with Crippen LogP contribution in [-0.4, -0.2) is 45.7 Å². The molecule has 0 aliphatic carbocycles. The van der Waals surface area contributed by atoms with E-state index in [4.69, 9.17) is 4.74 Å². The molecule has 0 saturated carbocycles. The van der Waals surface area contributed by atoms with E-state index in [2.05, 4.69) is 4.98 Å². The smallest absolute Gasteiger partial charge is 0.325 e. The fourth-order valence-corrected chi connectivity index (χ4v) is 4.19. The average molecular weight is 454 g/mol. The van der Waals surface area contributed by atoms with Gasteiger partial charge in [-0.05, 0) is 31.0 Å². The van der Waals surface area contributed by atoms with E-state index in [9.17, 15) is 14.4 Å². The molecule has 0 unspecified atom stereocenters. The second-order valence-corrected chi connectivity index (χ2v) is 8.41. The normalized spacial score (nSPS) is 10.8. The Morgan fingerprint density at radius 3 is 2.53 bits per heavy atom. The van der Waals surface area contributed by atoms with Crippen LogP contribution >= 0.6 is 11.8 Å². The van der Waals surface area contributed by atoms with E-state index in [1.165, 1.54) is 17.2 Å². The van der Waals surface area contributed by atoms with Crippen molar-refractivity contribution in [2.45, 2.75) is 38.5 Å². The quantitative estimate of drug-likeness (QED) is 0.281. The third-order valence-electron chi connectivity index (χ3n) is 5.01. The third kappa shape index (κ3) is 5.76. The number of rotatable bonds is 9. The minimum atomic E-state index is -0.552. The number of methoxy groups -OCH3 is 1. The van der Waals surface area contributed by atoms with Crippen molar-refractivity contribution in [3.8, 4) is 0 Å². The van der Waals surface area contributed by atoms with Crippen molar-refractivity contribution in [1.82, 2.24) is 14.5 Å². The molecule has 1 heterocycles. The minimum absolute atomic E-state index is 0.0514. The van der Waals surface area contributed by atoms with Gasteiger partial charge >= 0.3 is 5.97 Å². The Balaban J connectivity index is 1.83. The van der Waals surface area contributed by atoms with E-state index in [0.29, 0.717) is 29.1 Å². The lowest BCUT2D eigenvalue weighted by Crippen LogP contribution is -2.33. The molecule has 1 aromatic heterocycles. The Labute approximate surface area is 191 Å². The zero-order valence-corrected chi connectivity index (χ0v) is 19.4. The van der Waals surface area contributed by atoms with E-state index in [0.717, 1.165) is 23.7 Å². The first kappa shape index (κ1) is 23.5. The van der Waals surface area contributed by atoms with Crippen molar-refractivity contribution in [3.05, 3.63) is 70.0 Å². The van der Waals surface area contributed by atoms with Crippen molar-refractivity contribution < 1.29 is 14.3 Å². The van der Waals surface area contributed by atoms with Crippen molar-refractivity contribution >= 4 is 34.5 Å². The number of para-hydroxylation sites is 1. The molecule has 0 atom stereocenters. The zero-order valence-electron chi connectivity index (χ0n) is 18.5. The van der Waals surface area contributed by atoms with E-state index >= 15 is 0 Å². The second kappa shape index (κ2) is 10.9. The summed E-state index contributed by atoms with van der Waals surface area (Å²) in [6.07, 6.45) is 0.837. The number of hydrogen-bond acceptors (Lipinski definition) is 6. The van der Waals surface area contributed by atoms with E-state index in [1.807, 2.05) is 43.0 Å². The van der Waals surface area contributed by atoms with Gasteiger partial charge in [-0.2, -0.15) is 0 Å². The van der Waals surface area contributed by atoms with Gasteiger partial charge < -0.3 is 9.64 Å². The number of hydrogen-bond donors (Lipinski definition) is 0.